The maximum Gasteiger partial charge on any atom is 0.177 e. The predicted molar refractivity (Wildman–Crippen MR) is 49.6 cm³/mol. The third-order valence-corrected chi connectivity index (χ3v) is 1.88. The standard InChI is InChI=1S/C8H11N5O/c1-14-5-6(9)8-12-11-7-3-2-4-10-13(7)8/h2-4,6H,5,9H2,1H3. The summed E-state index contributed by atoms with van der Waals surface area (Å²) in [5.41, 5.74) is 6.52. The molecule has 1 atom stereocenters. The monoisotopic (exact) mass is 193 g/mol. The van der Waals surface area contributed by atoms with E-state index in [-0.39, 0.29) is 6.04 Å². The smallest absolute Gasteiger partial charge is 0.177 e. The first-order valence-corrected chi connectivity index (χ1v) is 4.24. The molecule has 14 heavy (non-hydrogen) atoms. The molecule has 6 heteroatoms. The molecule has 2 aromatic heterocycles. The van der Waals surface area contributed by atoms with E-state index >= 15 is 0 Å². The van der Waals surface area contributed by atoms with Crippen LogP contribution < -0.4 is 5.73 Å². The van der Waals surface area contributed by atoms with Gasteiger partial charge in [-0.15, -0.1) is 10.2 Å². The van der Waals surface area contributed by atoms with Gasteiger partial charge in [-0.05, 0) is 12.1 Å². The van der Waals surface area contributed by atoms with Crippen LogP contribution in [0.2, 0.25) is 0 Å². The minimum atomic E-state index is -0.301. The van der Waals surface area contributed by atoms with E-state index in [9.17, 15) is 0 Å². The lowest BCUT2D eigenvalue weighted by atomic mass is 10.3. The second-order valence-electron chi connectivity index (χ2n) is 2.91. The van der Waals surface area contributed by atoms with Gasteiger partial charge in [0.15, 0.2) is 11.5 Å². The summed E-state index contributed by atoms with van der Waals surface area (Å²) in [6, 6.07) is 3.32. The highest BCUT2D eigenvalue weighted by atomic mass is 16.5. The molecule has 0 saturated carbocycles. The number of methoxy groups -OCH3 is 1. The van der Waals surface area contributed by atoms with Crippen molar-refractivity contribution in [2.24, 2.45) is 5.73 Å². The van der Waals surface area contributed by atoms with Gasteiger partial charge in [0.2, 0.25) is 0 Å². The van der Waals surface area contributed by atoms with Gasteiger partial charge in [-0.25, -0.2) is 0 Å². The molecule has 74 valence electrons. The van der Waals surface area contributed by atoms with E-state index < -0.39 is 0 Å². The lowest BCUT2D eigenvalue weighted by Gasteiger charge is -2.06. The van der Waals surface area contributed by atoms with E-state index in [1.54, 1.807) is 23.9 Å². The predicted octanol–water partition coefficient (Wildman–Crippen LogP) is -0.230. The quantitative estimate of drug-likeness (QED) is 0.728. The molecule has 0 saturated heterocycles. The van der Waals surface area contributed by atoms with Crippen molar-refractivity contribution >= 4 is 5.65 Å². The molecule has 2 heterocycles. The number of hydrogen-bond donors (Lipinski definition) is 1. The Labute approximate surface area is 80.7 Å². The Hall–Kier alpha value is -1.53. The Bertz CT molecular complexity index is 426. The van der Waals surface area contributed by atoms with Gasteiger partial charge in [0.05, 0.1) is 12.6 Å². The SMILES string of the molecule is COCC(N)c1nnc2cccnn12. The van der Waals surface area contributed by atoms with Gasteiger partial charge in [-0.2, -0.15) is 9.61 Å². The number of hydrogen-bond acceptors (Lipinski definition) is 5. The molecule has 0 bridgehead atoms. The first-order chi connectivity index (χ1) is 6.83. The van der Waals surface area contributed by atoms with Crippen LogP contribution in [-0.2, 0) is 4.74 Å². The second-order valence-corrected chi connectivity index (χ2v) is 2.91. The zero-order chi connectivity index (χ0) is 9.97. The van der Waals surface area contributed by atoms with Crippen LogP contribution in [0.15, 0.2) is 18.3 Å². The van der Waals surface area contributed by atoms with Gasteiger partial charge in [0, 0.05) is 13.3 Å². The molecule has 0 spiro atoms. The summed E-state index contributed by atoms with van der Waals surface area (Å²) in [5, 5.41) is 12.0. The first-order valence-electron chi connectivity index (χ1n) is 4.24. The highest BCUT2D eigenvalue weighted by molar-refractivity contribution is 5.35. The number of aromatic nitrogens is 4. The fourth-order valence-electron chi connectivity index (χ4n) is 1.25. The fraction of sp³-hybridized carbons (Fsp3) is 0.375. The topological polar surface area (TPSA) is 78.3 Å². The van der Waals surface area contributed by atoms with Crippen LogP contribution in [0.5, 0.6) is 0 Å². The van der Waals surface area contributed by atoms with Gasteiger partial charge < -0.3 is 10.5 Å². The molecule has 0 aromatic carbocycles. The number of ether oxygens (including phenoxy) is 1. The van der Waals surface area contributed by atoms with Crippen LogP contribution in [0.3, 0.4) is 0 Å². The summed E-state index contributed by atoms with van der Waals surface area (Å²) in [6.07, 6.45) is 1.67. The summed E-state index contributed by atoms with van der Waals surface area (Å²) >= 11 is 0. The zero-order valence-corrected chi connectivity index (χ0v) is 7.79. The van der Waals surface area contributed by atoms with Crippen LogP contribution in [0.4, 0.5) is 0 Å². The Balaban J connectivity index is 2.42. The molecule has 0 amide bonds. The Morgan fingerprint density at radius 2 is 2.43 bits per heavy atom. The normalized spacial score (nSPS) is 13.3. The Kier molecular flexibility index (Phi) is 2.38. The van der Waals surface area contributed by atoms with Gasteiger partial charge in [0.1, 0.15) is 0 Å². The summed E-state index contributed by atoms with van der Waals surface area (Å²) in [4.78, 5) is 0. The Morgan fingerprint density at radius 1 is 1.57 bits per heavy atom. The minimum Gasteiger partial charge on any atom is -0.383 e. The van der Waals surface area contributed by atoms with Crippen LogP contribution in [0.25, 0.3) is 5.65 Å². The van der Waals surface area contributed by atoms with Gasteiger partial charge in [-0.3, -0.25) is 0 Å². The van der Waals surface area contributed by atoms with Crippen molar-refractivity contribution < 1.29 is 4.74 Å². The van der Waals surface area contributed by atoms with Crippen molar-refractivity contribution in [1.82, 2.24) is 19.8 Å². The van der Waals surface area contributed by atoms with Gasteiger partial charge >= 0.3 is 0 Å². The van der Waals surface area contributed by atoms with E-state index in [0.29, 0.717) is 18.1 Å². The zero-order valence-electron chi connectivity index (χ0n) is 7.79. The highest BCUT2D eigenvalue weighted by Crippen LogP contribution is 2.07. The fourth-order valence-corrected chi connectivity index (χ4v) is 1.25. The highest BCUT2D eigenvalue weighted by Gasteiger charge is 2.13. The molecule has 0 fully saturated rings. The molecule has 2 aromatic rings. The van der Waals surface area contributed by atoms with Gasteiger partial charge in [0.25, 0.3) is 0 Å². The molecule has 0 aliphatic carbocycles. The molecule has 0 aliphatic rings. The van der Waals surface area contributed by atoms with E-state index in [1.807, 2.05) is 6.07 Å². The van der Waals surface area contributed by atoms with Crippen molar-refractivity contribution in [3.05, 3.63) is 24.2 Å². The van der Waals surface area contributed by atoms with E-state index in [4.69, 9.17) is 10.5 Å². The summed E-state index contributed by atoms with van der Waals surface area (Å²) in [6.45, 7) is 0.400. The number of nitrogens with two attached hydrogens (primary N) is 1. The molecule has 1 unspecified atom stereocenters. The van der Waals surface area contributed by atoms with Crippen molar-refractivity contribution in [3.8, 4) is 0 Å². The molecular weight excluding hydrogens is 182 g/mol. The largest absolute Gasteiger partial charge is 0.383 e. The number of nitrogens with zero attached hydrogens (tertiary/aromatic N) is 4. The summed E-state index contributed by atoms with van der Waals surface area (Å²) in [5.74, 6) is 0.613. The molecule has 2 rings (SSSR count). The maximum atomic E-state index is 5.83. The summed E-state index contributed by atoms with van der Waals surface area (Å²) < 4.78 is 6.56. The van der Waals surface area contributed by atoms with Crippen molar-refractivity contribution in [2.45, 2.75) is 6.04 Å². The third kappa shape index (κ3) is 1.45. The van der Waals surface area contributed by atoms with Crippen LogP contribution in [0, 0.1) is 0 Å². The molecule has 0 radical (unpaired) electrons. The van der Waals surface area contributed by atoms with Crippen LogP contribution in [0.1, 0.15) is 11.9 Å². The molecule has 2 N–H and O–H groups in total. The average Bonchev–Trinajstić information content (AvgIpc) is 2.61. The molecule has 6 nitrogen and oxygen atoms in total. The van der Waals surface area contributed by atoms with E-state index in [2.05, 4.69) is 15.3 Å². The van der Waals surface area contributed by atoms with Crippen molar-refractivity contribution in [1.29, 1.82) is 0 Å². The average molecular weight is 193 g/mol. The van der Waals surface area contributed by atoms with E-state index in [0.717, 1.165) is 0 Å². The number of fused-ring (bicyclic) bond motifs is 1. The van der Waals surface area contributed by atoms with E-state index in [1.165, 1.54) is 0 Å². The molecular formula is C8H11N5O. The molecule has 0 aliphatic heterocycles. The number of rotatable bonds is 3. The van der Waals surface area contributed by atoms with Crippen LogP contribution >= 0.6 is 0 Å². The second kappa shape index (κ2) is 3.69. The van der Waals surface area contributed by atoms with Gasteiger partial charge in [-0.1, -0.05) is 0 Å². The maximum absolute atomic E-state index is 5.83. The third-order valence-electron chi connectivity index (χ3n) is 1.88. The Morgan fingerprint density at radius 3 is 3.21 bits per heavy atom. The lowest BCUT2D eigenvalue weighted by molar-refractivity contribution is 0.177. The first kappa shape index (κ1) is 9.04. The minimum absolute atomic E-state index is 0.301. The van der Waals surface area contributed by atoms with Crippen LogP contribution in [-0.4, -0.2) is 33.5 Å². The van der Waals surface area contributed by atoms with Crippen molar-refractivity contribution in [2.75, 3.05) is 13.7 Å². The summed E-state index contributed by atoms with van der Waals surface area (Å²) in [7, 11) is 1.59. The van der Waals surface area contributed by atoms with Crippen molar-refractivity contribution in [3.63, 3.8) is 0 Å². The lowest BCUT2D eigenvalue weighted by Crippen LogP contribution is -2.19.